The summed E-state index contributed by atoms with van der Waals surface area (Å²) in [5.41, 5.74) is 2.70. The second kappa shape index (κ2) is 12.4. The predicted octanol–water partition coefficient (Wildman–Crippen LogP) is 2.36. The third kappa shape index (κ3) is 7.45. The molecule has 1 aromatic carbocycles. The number of ether oxygens (including phenoxy) is 3. The van der Waals surface area contributed by atoms with E-state index in [2.05, 4.69) is 58.2 Å². The normalized spacial score (nSPS) is 25.2. The van der Waals surface area contributed by atoms with E-state index in [4.69, 9.17) is 14.2 Å². The van der Waals surface area contributed by atoms with Gasteiger partial charge < -0.3 is 24.4 Å². The van der Waals surface area contributed by atoms with Gasteiger partial charge in [0.25, 0.3) is 0 Å². The van der Waals surface area contributed by atoms with Crippen LogP contribution in [0, 0.1) is 5.92 Å². The molecule has 0 radical (unpaired) electrons. The first-order valence-electron chi connectivity index (χ1n) is 11.6. The number of likely N-dealkylation sites (tertiary alicyclic amines) is 1. The summed E-state index contributed by atoms with van der Waals surface area (Å²) >= 11 is 0. The Morgan fingerprint density at radius 1 is 1.13 bits per heavy atom. The molecular weight excluding hydrogens is 392 g/mol. The molecule has 2 saturated heterocycles. The highest BCUT2D eigenvalue weighted by molar-refractivity contribution is 5.80. The summed E-state index contributed by atoms with van der Waals surface area (Å²) in [6.45, 7) is 12.1. The number of hydrogen-bond donors (Lipinski definition) is 1. The van der Waals surface area contributed by atoms with Crippen molar-refractivity contribution >= 4 is 5.96 Å². The van der Waals surface area contributed by atoms with E-state index < -0.39 is 0 Å². The van der Waals surface area contributed by atoms with Crippen LogP contribution in [0.15, 0.2) is 29.3 Å². The summed E-state index contributed by atoms with van der Waals surface area (Å²) in [5, 5.41) is 3.59. The van der Waals surface area contributed by atoms with Crippen LogP contribution in [0.2, 0.25) is 0 Å². The molecule has 2 fully saturated rings. The van der Waals surface area contributed by atoms with Gasteiger partial charge in [0.05, 0.1) is 32.0 Å². The van der Waals surface area contributed by atoms with Crippen molar-refractivity contribution in [2.45, 2.75) is 45.6 Å². The van der Waals surface area contributed by atoms with Crippen LogP contribution >= 0.6 is 0 Å². The second-order valence-corrected chi connectivity index (χ2v) is 8.79. The van der Waals surface area contributed by atoms with E-state index >= 15 is 0 Å². The van der Waals surface area contributed by atoms with Crippen molar-refractivity contribution in [3.8, 4) is 0 Å². The van der Waals surface area contributed by atoms with Gasteiger partial charge in [0, 0.05) is 59.3 Å². The number of guanidine groups is 1. The second-order valence-electron chi connectivity index (χ2n) is 8.79. The molecule has 3 unspecified atom stereocenters. The molecule has 174 valence electrons. The number of nitrogens with one attached hydrogen (secondary N) is 1. The average molecular weight is 433 g/mol. The third-order valence-corrected chi connectivity index (χ3v) is 6.03. The predicted molar refractivity (Wildman–Crippen MR) is 124 cm³/mol. The summed E-state index contributed by atoms with van der Waals surface area (Å²) < 4.78 is 16.7. The first-order chi connectivity index (χ1) is 15.1. The van der Waals surface area contributed by atoms with Gasteiger partial charge in [-0.3, -0.25) is 9.89 Å². The van der Waals surface area contributed by atoms with Gasteiger partial charge in [-0.1, -0.05) is 24.3 Å². The fourth-order valence-electron chi connectivity index (χ4n) is 4.60. The van der Waals surface area contributed by atoms with E-state index in [9.17, 15) is 0 Å². The fourth-order valence-corrected chi connectivity index (χ4v) is 4.60. The Hall–Kier alpha value is -1.67. The number of morpholine rings is 1. The van der Waals surface area contributed by atoms with Crippen molar-refractivity contribution in [3.05, 3.63) is 35.4 Å². The van der Waals surface area contributed by atoms with Crippen LogP contribution in [0.1, 0.15) is 31.4 Å². The number of aliphatic imine (C=N–C) groups is 1. The maximum atomic E-state index is 5.89. The molecule has 7 heteroatoms. The lowest BCUT2D eigenvalue weighted by molar-refractivity contribution is -0.0705. The van der Waals surface area contributed by atoms with Gasteiger partial charge in [0.15, 0.2) is 5.96 Å². The molecule has 0 spiro atoms. The highest BCUT2D eigenvalue weighted by atomic mass is 16.5. The SMILES string of the molecule is CN=C(NCc1ccccc1CN1CC(C)OC(C)C1)N1CCC(COCCOC)C1. The lowest BCUT2D eigenvalue weighted by atomic mass is 10.1. The average Bonchev–Trinajstić information content (AvgIpc) is 3.21. The lowest BCUT2D eigenvalue weighted by Crippen LogP contribution is -2.45. The Bertz CT molecular complexity index is 689. The van der Waals surface area contributed by atoms with Crippen LogP contribution in [0.5, 0.6) is 0 Å². The van der Waals surface area contributed by atoms with Crippen LogP contribution in [0.25, 0.3) is 0 Å². The number of methoxy groups -OCH3 is 1. The van der Waals surface area contributed by atoms with Crippen molar-refractivity contribution in [1.82, 2.24) is 15.1 Å². The standard InChI is InChI=1S/C24H40N4O3/c1-19-14-27(15-20(2)31-19)17-23-8-6-5-7-22(23)13-26-24(25-3)28-10-9-21(16-28)18-30-12-11-29-4/h5-8,19-21H,9-18H2,1-4H3,(H,25,26). The molecule has 7 nitrogen and oxygen atoms in total. The zero-order valence-electron chi connectivity index (χ0n) is 19.7. The molecule has 3 atom stereocenters. The van der Waals surface area contributed by atoms with Crippen molar-refractivity contribution in [3.63, 3.8) is 0 Å². The Morgan fingerprint density at radius 2 is 1.87 bits per heavy atom. The minimum absolute atomic E-state index is 0.287. The molecule has 2 aliphatic rings. The van der Waals surface area contributed by atoms with Gasteiger partial charge in [-0.25, -0.2) is 0 Å². The molecule has 1 N–H and O–H groups in total. The van der Waals surface area contributed by atoms with E-state index in [1.165, 1.54) is 11.1 Å². The molecule has 0 aromatic heterocycles. The van der Waals surface area contributed by atoms with Crippen LogP contribution in [0.3, 0.4) is 0 Å². The first-order valence-corrected chi connectivity index (χ1v) is 11.6. The van der Waals surface area contributed by atoms with Crippen LogP contribution in [-0.2, 0) is 27.3 Å². The van der Waals surface area contributed by atoms with Crippen LogP contribution < -0.4 is 5.32 Å². The van der Waals surface area contributed by atoms with E-state index in [-0.39, 0.29) is 12.2 Å². The van der Waals surface area contributed by atoms with Crippen molar-refractivity contribution in [2.75, 3.05) is 60.2 Å². The summed E-state index contributed by atoms with van der Waals surface area (Å²) in [6, 6.07) is 8.72. The van der Waals surface area contributed by atoms with E-state index in [1.54, 1.807) is 7.11 Å². The quantitative estimate of drug-likeness (QED) is 0.367. The van der Waals surface area contributed by atoms with E-state index in [1.807, 2.05) is 7.05 Å². The Kier molecular flexibility index (Phi) is 9.58. The molecule has 0 saturated carbocycles. The van der Waals surface area contributed by atoms with Gasteiger partial charge in [-0.15, -0.1) is 0 Å². The van der Waals surface area contributed by atoms with E-state index in [0.29, 0.717) is 19.1 Å². The highest BCUT2D eigenvalue weighted by Gasteiger charge is 2.25. The lowest BCUT2D eigenvalue weighted by Gasteiger charge is -2.35. The molecule has 0 aliphatic carbocycles. The zero-order chi connectivity index (χ0) is 22.1. The maximum Gasteiger partial charge on any atom is 0.193 e. The third-order valence-electron chi connectivity index (χ3n) is 6.03. The van der Waals surface area contributed by atoms with Crippen LogP contribution in [0.4, 0.5) is 0 Å². The van der Waals surface area contributed by atoms with Gasteiger partial charge in [-0.2, -0.15) is 0 Å². The maximum absolute atomic E-state index is 5.89. The van der Waals surface area contributed by atoms with E-state index in [0.717, 1.165) is 58.3 Å². The molecule has 31 heavy (non-hydrogen) atoms. The largest absolute Gasteiger partial charge is 0.382 e. The first kappa shape index (κ1) is 24.0. The fraction of sp³-hybridized carbons (Fsp3) is 0.708. The Morgan fingerprint density at radius 3 is 2.58 bits per heavy atom. The van der Waals surface area contributed by atoms with Gasteiger partial charge in [0.2, 0.25) is 0 Å². The molecule has 3 rings (SSSR count). The topological polar surface area (TPSA) is 58.6 Å². The smallest absolute Gasteiger partial charge is 0.193 e. The Balaban J connectivity index is 1.51. The van der Waals surface area contributed by atoms with Crippen LogP contribution in [-0.4, -0.2) is 88.1 Å². The Labute approximate surface area is 187 Å². The minimum atomic E-state index is 0.287. The van der Waals surface area contributed by atoms with Gasteiger partial charge >= 0.3 is 0 Å². The monoisotopic (exact) mass is 432 g/mol. The number of rotatable bonds is 9. The molecular formula is C24H40N4O3. The summed E-state index contributed by atoms with van der Waals surface area (Å²) in [5.74, 6) is 1.52. The number of benzene rings is 1. The van der Waals surface area contributed by atoms with Gasteiger partial charge in [-0.05, 0) is 31.4 Å². The van der Waals surface area contributed by atoms with Crippen molar-refractivity contribution in [1.29, 1.82) is 0 Å². The summed E-state index contributed by atoms with van der Waals surface area (Å²) in [6.07, 6.45) is 1.71. The van der Waals surface area contributed by atoms with Crippen molar-refractivity contribution < 1.29 is 14.2 Å². The molecule has 0 bridgehead atoms. The molecule has 0 amide bonds. The molecule has 2 heterocycles. The zero-order valence-corrected chi connectivity index (χ0v) is 19.7. The number of hydrogen-bond acceptors (Lipinski definition) is 5. The molecule has 2 aliphatic heterocycles. The summed E-state index contributed by atoms with van der Waals surface area (Å²) in [4.78, 5) is 9.38. The minimum Gasteiger partial charge on any atom is -0.382 e. The summed E-state index contributed by atoms with van der Waals surface area (Å²) in [7, 11) is 3.57. The van der Waals surface area contributed by atoms with Crippen molar-refractivity contribution in [2.24, 2.45) is 10.9 Å². The molecule has 1 aromatic rings. The van der Waals surface area contributed by atoms with Gasteiger partial charge in [0.1, 0.15) is 0 Å². The number of nitrogens with zero attached hydrogens (tertiary/aromatic N) is 3. The highest BCUT2D eigenvalue weighted by Crippen LogP contribution is 2.19.